The number of benzene rings is 6. The fourth-order valence-electron chi connectivity index (χ4n) is 5.03. The van der Waals surface area contributed by atoms with Crippen LogP contribution in [0.4, 0.5) is 0 Å². The molecule has 0 heteroatoms. The Hall–Kier alpha value is -3.90. The van der Waals surface area contributed by atoms with Gasteiger partial charge >= 0.3 is 0 Å². The molecule has 0 atom stereocenters. The van der Waals surface area contributed by atoms with Crippen LogP contribution in [-0.2, 0) is 0 Å². The summed E-state index contributed by atoms with van der Waals surface area (Å²) in [5.74, 6) is 0. The zero-order valence-corrected chi connectivity index (χ0v) is 18.4. The van der Waals surface area contributed by atoms with Gasteiger partial charge in [-0.2, -0.15) is 0 Å². The Labute approximate surface area is 188 Å². The molecule has 0 radical (unpaired) electrons. The molecule has 0 aliphatic heterocycles. The summed E-state index contributed by atoms with van der Waals surface area (Å²) < 4.78 is 0. The fraction of sp³-hybridized carbons (Fsp3) is 0.0625. The first-order chi connectivity index (χ1) is 15.7. The lowest BCUT2D eigenvalue weighted by atomic mass is 9.84. The minimum Gasteiger partial charge on any atom is -0.0622 e. The summed E-state index contributed by atoms with van der Waals surface area (Å²) in [6.07, 6.45) is 0. The van der Waals surface area contributed by atoms with Gasteiger partial charge in [-0.1, -0.05) is 114 Å². The quantitative estimate of drug-likeness (QED) is 0.251. The predicted octanol–water partition coefficient (Wildman–Crippen LogP) is 9.10. The molecular formula is C32H24. The van der Waals surface area contributed by atoms with Gasteiger partial charge in [0.1, 0.15) is 0 Å². The highest BCUT2D eigenvalue weighted by atomic mass is 14.2. The highest BCUT2D eigenvalue weighted by molar-refractivity contribution is 6.21. The van der Waals surface area contributed by atoms with Crippen molar-refractivity contribution in [3.63, 3.8) is 0 Å². The van der Waals surface area contributed by atoms with Crippen LogP contribution in [0.25, 0.3) is 54.6 Å². The second-order valence-electron chi connectivity index (χ2n) is 8.78. The summed E-state index contributed by atoms with van der Waals surface area (Å²) in [6, 6.07) is 40.1. The molecule has 32 heavy (non-hydrogen) atoms. The Morgan fingerprint density at radius 1 is 0.375 bits per heavy atom. The van der Waals surface area contributed by atoms with Crippen molar-refractivity contribution in [1.82, 2.24) is 0 Å². The molecule has 0 unspecified atom stereocenters. The van der Waals surface area contributed by atoms with E-state index in [1.54, 1.807) is 0 Å². The van der Waals surface area contributed by atoms with Gasteiger partial charge in [0.05, 0.1) is 0 Å². The van der Waals surface area contributed by atoms with Crippen molar-refractivity contribution in [2.24, 2.45) is 0 Å². The van der Waals surface area contributed by atoms with E-state index in [9.17, 15) is 0 Å². The third-order valence-electron chi connectivity index (χ3n) is 6.53. The van der Waals surface area contributed by atoms with Crippen LogP contribution in [0, 0.1) is 13.8 Å². The summed E-state index contributed by atoms with van der Waals surface area (Å²) in [4.78, 5) is 0. The van der Waals surface area contributed by atoms with Crippen molar-refractivity contribution < 1.29 is 0 Å². The third kappa shape index (κ3) is 2.99. The van der Waals surface area contributed by atoms with E-state index in [4.69, 9.17) is 0 Å². The smallest absolute Gasteiger partial charge is 0.00260 e. The maximum absolute atomic E-state index is 2.36. The molecule has 0 N–H and O–H groups in total. The molecule has 6 rings (SSSR count). The number of aryl methyl sites for hydroxylation is 2. The number of rotatable bonds is 2. The highest BCUT2D eigenvalue weighted by Crippen LogP contribution is 2.44. The number of hydrogen-bond donors (Lipinski definition) is 0. The minimum absolute atomic E-state index is 1.26. The molecule has 0 aliphatic rings. The van der Waals surface area contributed by atoms with Gasteiger partial charge in [-0.3, -0.25) is 0 Å². The Bertz CT molecular complexity index is 1560. The molecule has 0 nitrogen and oxygen atoms in total. The van der Waals surface area contributed by atoms with E-state index >= 15 is 0 Å². The van der Waals surface area contributed by atoms with E-state index in [0.29, 0.717) is 0 Å². The molecule has 0 saturated heterocycles. The standard InChI is InChI=1S/C32H24/c1-21-12-16-27-29(18-21)32(26-15-14-23-8-6-7-11-25(23)20-26)30-19-22(2)13-17-28(30)31(27)24-9-4-3-5-10-24/h3-20H,1-2H3. The average molecular weight is 409 g/mol. The zero-order valence-electron chi connectivity index (χ0n) is 18.4. The van der Waals surface area contributed by atoms with Crippen LogP contribution in [0.3, 0.4) is 0 Å². The first kappa shape index (κ1) is 18.8. The average Bonchev–Trinajstić information content (AvgIpc) is 2.82. The summed E-state index contributed by atoms with van der Waals surface area (Å²) in [7, 11) is 0. The maximum Gasteiger partial charge on any atom is -0.00260 e. The number of hydrogen-bond acceptors (Lipinski definition) is 0. The van der Waals surface area contributed by atoms with Gasteiger partial charge in [0.25, 0.3) is 0 Å². The van der Waals surface area contributed by atoms with Gasteiger partial charge in [-0.05, 0) is 74.5 Å². The van der Waals surface area contributed by atoms with Crippen molar-refractivity contribution >= 4 is 32.3 Å². The van der Waals surface area contributed by atoms with Crippen LogP contribution in [0.2, 0.25) is 0 Å². The summed E-state index contributed by atoms with van der Waals surface area (Å²) in [6.45, 7) is 4.37. The monoisotopic (exact) mass is 408 g/mol. The third-order valence-corrected chi connectivity index (χ3v) is 6.53. The number of fused-ring (bicyclic) bond motifs is 3. The molecule has 0 bridgehead atoms. The molecule has 0 aliphatic carbocycles. The van der Waals surface area contributed by atoms with Crippen LogP contribution in [0.1, 0.15) is 11.1 Å². The first-order valence-corrected chi connectivity index (χ1v) is 11.2. The van der Waals surface area contributed by atoms with E-state index in [1.807, 2.05) is 0 Å². The van der Waals surface area contributed by atoms with Gasteiger partial charge in [0.15, 0.2) is 0 Å². The Balaban J connectivity index is 1.82. The highest BCUT2D eigenvalue weighted by Gasteiger charge is 2.17. The lowest BCUT2D eigenvalue weighted by molar-refractivity contribution is 1.49. The summed E-state index contributed by atoms with van der Waals surface area (Å²) in [5.41, 5.74) is 7.75. The molecule has 152 valence electrons. The SMILES string of the molecule is Cc1ccc2c(-c3ccccc3)c3ccc(C)cc3c(-c3ccc4ccccc4c3)c2c1. The zero-order chi connectivity index (χ0) is 21.7. The van der Waals surface area contributed by atoms with Crippen molar-refractivity contribution in [2.75, 3.05) is 0 Å². The van der Waals surface area contributed by atoms with E-state index in [0.717, 1.165) is 0 Å². The van der Waals surface area contributed by atoms with Gasteiger partial charge in [0.2, 0.25) is 0 Å². The molecule has 0 spiro atoms. The molecule has 6 aromatic rings. The minimum atomic E-state index is 1.26. The molecule has 0 amide bonds. The van der Waals surface area contributed by atoms with Crippen LogP contribution in [0.5, 0.6) is 0 Å². The van der Waals surface area contributed by atoms with Crippen molar-refractivity contribution in [3.05, 3.63) is 120 Å². The summed E-state index contributed by atoms with van der Waals surface area (Å²) in [5, 5.41) is 7.80. The lowest BCUT2D eigenvalue weighted by Crippen LogP contribution is -1.92. The molecule has 0 saturated carbocycles. The van der Waals surface area contributed by atoms with Crippen molar-refractivity contribution in [2.45, 2.75) is 13.8 Å². The summed E-state index contributed by atoms with van der Waals surface area (Å²) >= 11 is 0. The molecule has 0 aromatic heterocycles. The second kappa shape index (κ2) is 7.35. The van der Waals surface area contributed by atoms with E-state index < -0.39 is 0 Å². The van der Waals surface area contributed by atoms with Crippen molar-refractivity contribution in [1.29, 1.82) is 0 Å². The molecule has 0 heterocycles. The van der Waals surface area contributed by atoms with Crippen molar-refractivity contribution in [3.8, 4) is 22.3 Å². The predicted molar refractivity (Wildman–Crippen MR) is 139 cm³/mol. The van der Waals surface area contributed by atoms with E-state index in [2.05, 4.69) is 123 Å². The topological polar surface area (TPSA) is 0 Å². The largest absolute Gasteiger partial charge is 0.0622 e. The van der Waals surface area contributed by atoms with Crippen LogP contribution in [0.15, 0.2) is 109 Å². The second-order valence-corrected chi connectivity index (χ2v) is 8.78. The normalized spacial score (nSPS) is 11.4. The lowest BCUT2D eigenvalue weighted by Gasteiger charge is -2.19. The van der Waals surface area contributed by atoms with Gasteiger partial charge in [-0.15, -0.1) is 0 Å². The van der Waals surface area contributed by atoms with E-state index in [-0.39, 0.29) is 0 Å². The van der Waals surface area contributed by atoms with Gasteiger partial charge in [-0.25, -0.2) is 0 Å². The van der Waals surface area contributed by atoms with E-state index in [1.165, 1.54) is 65.7 Å². The molecule has 0 fully saturated rings. The Morgan fingerprint density at radius 3 is 1.59 bits per heavy atom. The van der Waals surface area contributed by atoms with Gasteiger partial charge < -0.3 is 0 Å². The Morgan fingerprint density at radius 2 is 0.938 bits per heavy atom. The maximum atomic E-state index is 2.36. The Kier molecular flexibility index (Phi) is 4.33. The first-order valence-electron chi connectivity index (χ1n) is 11.2. The molecular weight excluding hydrogens is 384 g/mol. The van der Waals surface area contributed by atoms with Crippen LogP contribution >= 0.6 is 0 Å². The van der Waals surface area contributed by atoms with Crippen LogP contribution in [-0.4, -0.2) is 0 Å². The van der Waals surface area contributed by atoms with Gasteiger partial charge in [0, 0.05) is 0 Å². The fourth-order valence-corrected chi connectivity index (χ4v) is 5.03. The molecule has 6 aromatic carbocycles. The van der Waals surface area contributed by atoms with Crippen LogP contribution < -0.4 is 0 Å².